The van der Waals surface area contributed by atoms with E-state index in [1.807, 2.05) is 0 Å². The molecular weight excluding hydrogens is 408 g/mol. The lowest BCUT2D eigenvalue weighted by Gasteiger charge is -2.15. The lowest BCUT2D eigenvalue weighted by molar-refractivity contribution is -0.126. The van der Waals surface area contributed by atoms with Gasteiger partial charge < -0.3 is 9.15 Å². The molecule has 2 aromatic rings. The van der Waals surface area contributed by atoms with Crippen molar-refractivity contribution >= 4 is 35.5 Å². The third-order valence-electron chi connectivity index (χ3n) is 4.31. The van der Waals surface area contributed by atoms with Crippen molar-refractivity contribution in [2.45, 2.75) is 6.92 Å². The fourth-order valence-electron chi connectivity index (χ4n) is 2.79. The number of furan rings is 1. The van der Waals surface area contributed by atoms with E-state index in [2.05, 4.69) is 11.9 Å². The molecule has 3 rings (SSSR count). The van der Waals surface area contributed by atoms with Crippen molar-refractivity contribution < 1.29 is 23.5 Å². The smallest absolute Gasteiger partial charge is 0.339 e. The summed E-state index contributed by atoms with van der Waals surface area (Å²) in [5.74, 6) is -1.19. The molecule has 150 valence electrons. The number of benzene rings is 1. The molecule has 2 heterocycles. The first-order chi connectivity index (χ1) is 14.3. The van der Waals surface area contributed by atoms with Gasteiger partial charge in [0.15, 0.2) is 0 Å². The van der Waals surface area contributed by atoms with Crippen LogP contribution in [0.4, 0.5) is 0 Å². The molecule has 0 saturated heterocycles. The van der Waals surface area contributed by atoms with Crippen LogP contribution in [-0.2, 0) is 14.3 Å². The molecule has 0 aliphatic carbocycles. The lowest BCUT2D eigenvalue weighted by Crippen LogP contribution is -2.37. The van der Waals surface area contributed by atoms with Crippen molar-refractivity contribution in [3.63, 3.8) is 0 Å². The van der Waals surface area contributed by atoms with Gasteiger partial charge in [-0.05, 0) is 48.9 Å². The number of ether oxygens (including phenoxy) is 1. The Labute approximate surface area is 176 Å². The quantitative estimate of drug-likeness (QED) is 0.339. The predicted octanol–water partition coefficient (Wildman–Crippen LogP) is 3.82. The molecule has 0 radical (unpaired) electrons. The van der Waals surface area contributed by atoms with Crippen molar-refractivity contribution in [1.29, 1.82) is 5.26 Å². The molecule has 7 nitrogen and oxygen atoms in total. The van der Waals surface area contributed by atoms with Gasteiger partial charge in [-0.25, -0.2) is 4.79 Å². The highest BCUT2D eigenvalue weighted by Gasteiger charge is 2.27. The summed E-state index contributed by atoms with van der Waals surface area (Å²) in [6, 6.07) is 9.83. The lowest BCUT2D eigenvalue weighted by atomic mass is 9.96. The fourth-order valence-corrected chi connectivity index (χ4v) is 2.99. The number of nitriles is 1. The van der Waals surface area contributed by atoms with Crippen molar-refractivity contribution in [1.82, 2.24) is 5.32 Å². The number of nitrogens with zero attached hydrogens (tertiary/aromatic N) is 1. The first-order valence-electron chi connectivity index (χ1n) is 8.72. The molecule has 0 atom stereocenters. The van der Waals surface area contributed by atoms with Gasteiger partial charge in [-0.15, -0.1) is 0 Å². The minimum Gasteiger partial charge on any atom is -0.458 e. The van der Waals surface area contributed by atoms with Crippen molar-refractivity contribution in [3.05, 3.63) is 76.1 Å². The van der Waals surface area contributed by atoms with Gasteiger partial charge in [0.25, 0.3) is 11.8 Å². The molecule has 0 spiro atoms. The van der Waals surface area contributed by atoms with E-state index in [4.69, 9.17) is 26.0 Å². The van der Waals surface area contributed by atoms with E-state index in [0.717, 1.165) is 0 Å². The minimum atomic E-state index is -0.727. The van der Waals surface area contributed by atoms with E-state index in [1.165, 1.54) is 25.1 Å². The van der Waals surface area contributed by atoms with Crippen LogP contribution >= 0.6 is 11.6 Å². The molecular formula is C22H15ClN2O5. The summed E-state index contributed by atoms with van der Waals surface area (Å²) in [5, 5.41) is 11.5. The summed E-state index contributed by atoms with van der Waals surface area (Å²) in [5.41, 5.74) is 1.03. The second kappa shape index (κ2) is 8.64. The number of nitrogens with one attached hydrogen (secondary N) is 1. The molecule has 1 N–H and O–H groups in total. The standard InChI is InChI=1S/C22H15ClN2O5/c1-3-8-29-22(28)16-9-13(4-6-18(16)23)19-7-5-14(30-19)10-15-12(2)17(11-24)21(27)25-20(15)26/h3-7,9-10H,1,8H2,2H3,(H,25,26,27)/b15-10-. The molecule has 1 aliphatic rings. The zero-order valence-electron chi connectivity index (χ0n) is 15.8. The minimum absolute atomic E-state index is 0.0555. The Morgan fingerprint density at radius 2 is 2.07 bits per heavy atom. The Hall–Kier alpha value is -3.89. The largest absolute Gasteiger partial charge is 0.458 e. The van der Waals surface area contributed by atoms with Crippen molar-refractivity contribution in [3.8, 4) is 17.4 Å². The second-order valence-corrected chi connectivity index (χ2v) is 6.64. The summed E-state index contributed by atoms with van der Waals surface area (Å²) in [6.45, 7) is 5.07. The number of rotatable bonds is 5. The number of carbonyl (C=O) groups excluding carboxylic acids is 3. The molecule has 0 bridgehead atoms. The van der Waals surface area contributed by atoms with Crippen LogP contribution in [0, 0.1) is 11.3 Å². The van der Waals surface area contributed by atoms with Crippen LogP contribution in [0.5, 0.6) is 0 Å². The Kier molecular flexibility index (Phi) is 6.00. The van der Waals surface area contributed by atoms with Crippen molar-refractivity contribution in [2.24, 2.45) is 0 Å². The Morgan fingerprint density at radius 1 is 1.30 bits per heavy atom. The fraction of sp³-hybridized carbons (Fsp3) is 0.0909. The number of amides is 2. The highest BCUT2D eigenvalue weighted by Crippen LogP contribution is 2.29. The van der Waals surface area contributed by atoms with E-state index in [1.54, 1.807) is 30.3 Å². The Balaban J connectivity index is 1.95. The number of halogens is 1. The van der Waals surface area contributed by atoms with Gasteiger partial charge in [-0.2, -0.15) is 5.26 Å². The SMILES string of the molecule is C=CCOC(=O)c1cc(-c2ccc(/C=C3\C(=O)NC(=O)C(C#N)=C3C)o2)ccc1Cl. The van der Waals surface area contributed by atoms with Crippen LogP contribution in [0.2, 0.25) is 5.02 Å². The topological polar surface area (TPSA) is 109 Å². The summed E-state index contributed by atoms with van der Waals surface area (Å²) in [6.07, 6.45) is 2.89. The van der Waals surface area contributed by atoms with Crippen LogP contribution in [0.25, 0.3) is 17.4 Å². The molecule has 8 heteroatoms. The van der Waals surface area contributed by atoms with Gasteiger partial charge in [0, 0.05) is 11.1 Å². The van der Waals surface area contributed by atoms with Crippen LogP contribution < -0.4 is 5.32 Å². The molecule has 0 saturated carbocycles. The molecule has 1 aliphatic heterocycles. The van der Waals surface area contributed by atoms with Crippen LogP contribution in [0.3, 0.4) is 0 Å². The number of hydrogen-bond acceptors (Lipinski definition) is 6. The number of esters is 1. The van der Waals surface area contributed by atoms with Gasteiger partial charge in [0.2, 0.25) is 0 Å². The Morgan fingerprint density at radius 3 is 2.77 bits per heavy atom. The number of hydrogen-bond donors (Lipinski definition) is 1. The second-order valence-electron chi connectivity index (χ2n) is 6.24. The van der Waals surface area contributed by atoms with E-state index in [9.17, 15) is 14.4 Å². The monoisotopic (exact) mass is 422 g/mol. The number of carbonyl (C=O) groups is 3. The van der Waals surface area contributed by atoms with Crippen LogP contribution in [-0.4, -0.2) is 24.4 Å². The molecule has 1 aromatic carbocycles. The van der Waals surface area contributed by atoms with E-state index >= 15 is 0 Å². The van der Waals surface area contributed by atoms with Crippen molar-refractivity contribution in [2.75, 3.05) is 6.61 Å². The maximum absolute atomic E-state index is 12.1. The summed E-state index contributed by atoms with van der Waals surface area (Å²) in [7, 11) is 0. The number of imide groups is 1. The molecule has 0 unspecified atom stereocenters. The van der Waals surface area contributed by atoms with Crippen LogP contribution in [0.15, 0.2) is 64.1 Å². The average molecular weight is 423 g/mol. The van der Waals surface area contributed by atoms with Gasteiger partial charge in [0.1, 0.15) is 29.8 Å². The Bertz CT molecular complexity index is 1180. The summed E-state index contributed by atoms with van der Waals surface area (Å²) in [4.78, 5) is 36.0. The highest BCUT2D eigenvalue weighted by atomic mass is 35.5. The first kappa shape index (κ1) is 20.8. The summed E-state index contributed by atoms with van der Waals surface area (Å²) < 4.78 is 10.8. The highest BCUT2D eigenvalue weighted by molar-refractivity contribution is 6.33. The third kappa shape index (κ3) is 4.09. The first-order valence-corrected chi connectivity index (χ1v) is 9.10. The molecule has 1 aromatic heterocycles. The molecule has 2 amide bonds. The molecule has 0 fully saturated rings. The zero-order valence-corrected chi connectivity index (χ0v) is 16.6. The van der Waals surface area contributed by atoms with Gasteiger partial charge in [-0.3, -0.25) is 14.9 Å². The summed E-state index contributed by atoms with van der Waals surface area (Å²) >= 11 is 6.09. The van der Waals surface area contributed by atoms with Gasteiger partial charge in [-0.1, -0.05) is 24.3 Å². The van der Waals surface area contributed by atoms with Gasteiger partial charge >= 0.3 is 5.97 Å². The third-order valence-corrected chi connectivity index (χ3v) is 4.64. The van der Waals surface area contributed by atoms with E-state index < -0.39 is 17.8 Å². The normalized spacial score (nSPS) is 15.0. The maximum atomic E-state index is 12.1. The maximum Gasteiger partial charge on any atom is 0.339 e. The van der Waals surface area contributed by atoms with Gasteiger partial charge in [0.05, 0.1) is 10.6 Å². The van der Waals surface area contributed by atoms with E-state index in [0.29, 0.717) is 17.1 Å². The zero-order chi connectivity index (χ0) is 21.8. The predicted molar refractivity (Wildman–Crippen MR) is 109 cm³/mol. The van der Waals surface area contributed by atoms with Crippen LogP contribution in [0.1, 0.15) is 23.0 Å². The average Bonchev–Trinajstić information content (AvgIpc) is 3.18. The van der Waals surface area contributed by atoms with E-state index in [-0.39, 0.29) is 33.9 Å². The molecule has 30 heavy (non-hydrogen) atoms.